The fourth-order valence-corrected chi connectivity index (χ4v) is 6.03. The van der Waals surface area contributed by atoms with Crippen molar-refractivity contribution in [2.24, 2.45) is 0 Å². The molecule has 4 rings (SSSR count). The van der Waals surface area contributed by atoms with E-state index in [1.54, 1.807) is 37.3 Å². The molecule has 0 atom stereocenters. The van der Waals surface area contributed by atoms with Crippen molar-refractivity contribution in [3.05, 3.63) is 76.2 Å². The molecule has 0 saturated heterocycles. The van der Waals surface area contributed by atoms with Crippen molar-refractivity contribution in [2.45, 2.75) is 31.1 Å². The molecule has 2 aromatic carbocycles. The highest BCUT2D eigenvalue weighted by atomic mass is 32.2. The first-order chi connectivity index (χ1) is 15.4. The molecule has 166 valence electrons. The van der Waals surface area contributed by atoms with E-state index in [-0.39, 0.29) is 22.8 Å². The second-order valence-electron chi connectivity index (χ2n) is 7.20. The molecule has 3 aromatic rings. The molecule has 7 nitrogen and oxygen atoms in total. The van der Waals surface area contributed by atoms with Gasteiger partial charge in [0.2, 0.25) is 0 Å². The molecule has 9 heteroatoms. The lowest BCUT2D eigenvalue weighted by atomic mass is 10.1. The number of fused-ring (bicyclic) bond motifs is 1. The van der Waals surface area contributed by atoms with Gasteiger partial charge in [-0.25, -0.2) is 13.2 Å². The summed E-state index contributed by atoms with van der Waals surface area (Å²) in [6.45, 7) is 1.97. The van der Waals surface area contributed by atoms with Gasteiger partial charge in [-0.05, 0) is 56.0 Å². The summed E-state index contributed by atoms with van der Waals surface area (Å²) in [5.74, 6) is -0.970. The van der Waals surface area contributed by atoms with Gasteiger partial charge in [0.25, 0.3) is 15.9 Å². The van der Waals surface area contributed by atoms with Gasteiger partial charge >= 0.3 is 5.97 Å². The zero-order chi connectivity index (χ0) is 22.7. The fourth-order valence-electron chi connectivity index (χ4n) is 3.66. The molecule has 0 spiro atoms. The summed E-state index contributed by atoms with van der Waals surface area (Å²) in [6, 6.07) is 14.3. The number of hydrogen-bond donors (Lipinski definition) is 2. The molecule has 0 fully saturated rings. The highest BCUT2D eigenvalue weighted by Crippen LogP contribution is 2.40. The van der Waals surface area contributed by atoms with Crippen LogP contribution in [-0.4, -0.2) is 26.9 Å². The zero-order valence-electron chi connectivity index (χ0n) is 17.4. The Morgan fingerprint density at radius 2 is 1.75 bits per heavy atom. The van der Waals surface area contributed by atoms with Crippen LogP contribution in [0, 0.1) is 0 Å². The van der Waals surface area contributed by atoms with E-state index in [9.17, 15) is 18.0 Å². The Balaban J connectivity index is 1.63. The monoisotopic (exact) mass is 470 g/mol. The molecule has 2 N–H and O–H groups in total. The van der Waals surface area contributed by atoms with E-state index in [0.29, 0.717) is 10.6 Å². The molecule has 1 aliphatic rings. The molecule has 0 saturated carbocycles. The lowest BCUT2D eigenvalue weighted by Crippen LogP contribution is -2.19. The van der Waals surface area contributed by atoms with Crippen LogP contribution in [0.1, 0.15) is 44.5 Å². The average molecular weight is 471 g/mol. The van der Waals surface area contributed by atoms with Crippen LogP contribution in [0.25, 0.3) is 0 Å². The van der Waals surface area contributed by atoms with E-state index < -0.39 is 21.9 Å². The lowest BCUT2D eigenvalue weighted by Gasteiger charge is -2.13. The van der Waals surface area contributed by atoms with Crippen LogP contribution in [-0.2, 0) is 27.6 Å². The summed E-state index contributed by atoms with van der Waals surface area (Å²) in [7, 11) is -3.87. The van der Waals surface area contributed by atoms with E-state index in [1.165, 1.54) is 35.6 Å². The second-order valence-corrected chi connectivity index (χ2v) is 9.99. The van der Waals surface area contributed by atoms with Gasteiger partial charge in [0.05, 0.1) is 28.3 Å². The maximum absolute atomic E-state index is 13.1. The highest BCUT2D eigenvalue weighted by molar-refractivity contribution is 7.92. The summed E-state index contributed by atoms with van der Waals surface area (Å²) in [5, 5.41) is 3.23. The summed E-state index contributed by atoms with van der Waals surface area (Å²) in [4.78, 5) is 26.8. The van der Waals surface area contributed by atoms with Crippen molar-refractivity contribution in [3.8, 4) is 0 Å². The van der Waals surface area contributed by atoms with Gasteiger partial charge < -0.3 is 10.1 Å². The molecule has 1 amide bonds. The predicted octanol–water partition coefficient (Wildman–Crippen LogP) is 4.47. The van der Waals surface area contributed by atoms with Gasteiger partial charge in [0.1, 0.15) is 5.00 Å². The number of esters is 1. The first-order valence-corrected chi connectivity index (χ1v) is 12.5. The summed E-state index contributed by atoms with van der Waals surface area (Å²) in [5.41, 5.74) is 1.63. The van der Waals surface area contributed by atoms with Gasteiger partial charge in [0, 0.05) is 4.88 Å². The first kappa shape index (κ1) is 22.0. The van der Waals surface area contributed by atoms with Gasteiger partial charge in [-0.2, -0.15) is 0 Å². The summed E-state index contributed by atoms with van der Waals surface area (Å²) < 4.78 is 33.2. The van der Waals surface area contributed by atoms with Crippen molar-refractivity contribution in [1.82, 2.24) is 0 Å². The molecule has 0 unspecified atom stereocenters. The minimum Gasteiger partial charge on any atom is -0.462 e. The number of sulfonamides is 1. The molecular weight excluding hydrogens is 448 g/mol. The van der Waals surface area contributed by atoms with Crippen molar-refractivity contribution >= 4 is 43.9 Å². The molecule has 0 bridgehead atoms. The molecule has 1 heterocycles. The number of amides is 1. The van der Waals surface area contributed by atoms with Gasteiger partial charge in [0.15, 0.2) is 0 Å². The number of thiophene rings is 1. The standard InChI is InChI=1S/C23H22N2O5S2/c1-2-30-23(27)20-17-12-8-14-19(17)31-22(20)24-21(26)16-11-6-7-13-18(16)25-32(28,29)15-9-4-3-5-10-15/h3-7,9-11,13,25H,2,8,12,14H2,1H3,(H,24,26). The van der Waals surface area contributed by atoms with Crippen LogP contribution < -0.4 is 10.0 Å². The number of anilines is 2. The van der Waals surface area contributed by atoms with E-state index in [4.69, 9.17) is 4.74 Å². The van der Waals surface area contributed by atoms with E-state index in [2.05, 4.69) is 10.0 Å². The van der Waals surface area contributed by atoms with E-state index >= 15 is 0 Å². The topological polar surface area (TPSA) is 102 Å². The molecule has 0 radical (unpaired) electrons. The number of hydrogen-bond acceptors (Lipinski definition) is 6. The van der Waals surface area contributed by atoms with Gasteiger partial charge in [-0.15, -0.1) is 11.3 Å². The number of nitrogens with one attached hydrogen (secondary N) is 2. The molecule has 1 aromatic heterocycles. The van der Waals surface area contributed by atoms with Crippen molar-refractivity contribution in [1.29, 1.82) is 0 Å². The van der Waals surface area contributed by atoms with Gasteiger partial charge in [-0.1, -0.05) is 30.3 Å². The Morgan fingerprint density at radius 1 is 1.03 bits per heavy atom. The number of carbonyl (C=O) groups excluding carboxylic acids is 2. The van der Waals surface area contributed by atoms with Crippen LogP contribution in [0.5, 0.6) is 0 Å². The zero-order valence-corrected chi connectivity index (χ0v) is 19.0. The Morgan fingerprint density at radius 3 is 2.50 bits per heavy atom. The first-order valence-electron chi connectivity index (χ1n) is 10.2. The minimum absolute atomic E-state index is 0.0921. The Bertz CT molecular complexity index is 1270. The lowest BCUT2D eigenvalue weighted by molar-refractivity contribution is 0.0527. The average Bonchev–Trinajstić information content (AvgIpc) is 3.35. The summed E-state index contributed by atoms with van der Waals surface area (Å²) in [6.07, 6.45) is 2.59. The van der Waals surface area contributed by atoms with Gasteiger partial charge in [-0.3, -0.25) is 9.52 Å². The Hall–Kier alpha value is -3.17. The number of benzene rings is 2. The van der Waals surface area contributed by atoms with Crippen LogP contribution in [0.4, 0.5) is 10.7 Å². The van der Waals surface area contributed by atoms with Crippen LogP contribution in [0.15, 0.2) is 59.5 Å². The third kappa shape index (κ3) is 4.39. The number of carbonyl (C=O) groups is 2. The van der Waals surface area contributed by atoms with Crippen molar-refractivity contribution in [2.75, 3.05) is 16.6 Å². The van der Waals surface area contributed by atoms with Crippen molar-refractivity contribution in [3.63, 3.8) is 0 Å². The highest BCUT2D eigenvalue weighted by Gasteiger charge is 2.29. The third-order valence-electron chi connectivity index (χ3n) is 5.10. The minimum atomic E-state index is -3.87. The predicted molar refractivity (Wildman–Crippen MR) is 124 cm³/mol. The molecule has 0 aliphatic heterocycles. The van der Waals surface area contributed by atoms with E-state index in [0.717, 1.165) is 29.7 Å². The Labute approximate surface area is 190 Å². The maximum atomic E-state index is 13.1. The number of para-hydroxylation sites is 1. The maximum Gasteiger partial charge on any atom is 0.341 e. The van der Waals surface area contributed by atoms with E-state index in [1.807, 2.05) is 0 Å². The van der Waals surface area contributed by atoms with Crippen LogP contribution >= 0.6 is 11.3 Å². The third-order valence-corrected chi connectivity index (χ3v) is 7.69. The smallest absolute Gasteiger partial charge is 0.341 e. The normalized spacial score (nSPS) is 12.8. The Kier molecular flexibility index (Phi) is 6.29. The SMILES string of the molecule is CCOC(=O)c1c(NC(=O)c2ccccc2NS(=O)(=O)c2ccccc2)sc2c1CCC2. The number of rotatable bonds is 7. The fraction of sp³-hybridized carbons (Fsp3) is 0.217. The molecule has 1 aliphatic carbocycles. The number of aryl methyl sites for hydroxylation is 1. The second kappa shape index (κ2) is 9.13. The van der Waals surface area contributed by atoms with Crippen LogP contribution in [0.2, 0.25) is 0 Å². The van der Waals surface area contributed by atoms with Crippen LogP contribution in [0.3, 0.4) is 0 Å². The summed E-state index contributed by atoms with van der Waals surface area (Å²) >= 11 is 1.37. The molecular formula is C23H22N2O5S2. The largest absolute Gasteiger partial charge is 0.462 e. The quantitative estimate of drug-likeness (QED) is 0.496. The molecule has 32 heavy (non-hydrogen) atoms. The van der Waals surface area contributed by atoms with Crippen molar-refractivity contribution < 1.29 is 22.7 Å². The number of ether oxygens (including phenoxy) is 1.